The van der Waals surface area contributed by atoms with Crippen molar-refractivity contribution in [2.24, 2.45) is 0 Å². The topological polar surface area (TPSA) is 17.1 Å². The average molecular weight is 279 g/mol. The van der Waals surface area contributed by atoms with Crippen LogP contribution in [-0.4, -0.2) is 5.78 Å². The fourth-order valence-electron chi connectivity index (χ4n) is 1.75. The van der Waals surface area contributed by atoms with Crippen LogP contribution >= 0.6 is 23.2 Å². The molecule has 0 aromatic heterocycles. The largest absolute Gasteiger partial charge is 0.292 e. The highest BCUT2D eigenvalue weighted by Crippen LogP contribution is 2.29. The molecule has 0 heterocycles. The Kier molecular flexibility index (Phi) is 4.05. The van der Waals surface area contributed by atoms with E-state index < -0.39 is 5.38 Å². The molecule has 0 aliphatic rings. The molecule has 0 saturated carbocycles. The summed E-state index contributed by atoms with van der Waals surface area (Å²) >= 11 is 12.3. The fourth-order valence-corrected chi connectivity index (χ4v) is 2.23. The van der Waals surface area contributed by atoms with E-state index in [-0.39, 0.29) is 5.78 Å². The van der Waals surface area contributed by atoms with Crippen molar-refractivity contribution in [2.75, 3.05) is 0 Å². The lowest BCUT2D eigenvalue weighted by molar-refractivity contribution is 0.0987. The molecule has 0 spiro atoms. The van der Waals surface area contributed by atoms with Gasteiger partial charge in [-0.25, -0.2) is 0 Å². The number of carbonyl (C=O) groups is 1. The van der Waals surface area contributed by atoms with Gasteiger partial charge in [0.1, 0.15) is 5.38 Å². The number of rotatable bonds is 3. The van der Waals surface area contributed by atoms with Crippen molar-refractivity contribution in [3.05, 3.63) is 70.2 Å². The van der Waals surface area contributed by atoms with Gasteiger partial charge in [0.25, 0.3) is 0 Å². The van der Waals surface area contributed by atoms with Crippen molar-refractivity contribution in [1.29, 1.82) is 0 Å². The van der Waals surface area contributed by atoms with Crippen LogP contribution in [-0.2, 0) is 0 Å². The molecule has 0 aliphatic heterocycles. The smallest absolute Gasteiger partial charge is 0.186 e. The Balaban J connectivity index is 2.35. The van der Waals surface area contributed by atoms with Crippen molar-refractivity contribution in [3.8, 4) is 0 Å². The minimum atomic E-state index is -0.703. The van der Waals surface area contributed by atoms with Crippen molar-refractivity contribution in [3.63, 3.8) is 0 Å². The molecule has 1 unspecified atom stereocenters. The number of benzene rings is 2. The standard InChI is InChI=1S/C15H12Cl2O/c1-10-6-5-9-12(13(10)16)15(18)14(17)11-7-3-2-4-8-11/h2-9,14H,1H3. The molecule has 2 rings (SSSR count). The molecule has 0 fully saturated rings. The Morgan fingerprint density at radius 3 is 2.39 bits per heavy atom. The number of hydrogen-bond acceptors (Lipinski definition) is 1. The monoisotopic (exact) mass is 278 g/mol. The van der Waals surface area contributed by atoms with E-state index in [1.165, 1.54) is 0 Å². The summed E-state index contributed by atoms with van der Waals surface area (Å²) in [5.74, 6) is -0.170. The Morgan fingerprint density at radius 2 is 1.72 bits per heavy atom. The molecule has 0 aliphatic carbocycles. The third-order valence-electron chi connectivity index (χ3n) is 2.78. The van der Waals surface area contributed by atoms with E-state index in [1.807, 2.05) is 49.4 Å². The first-order valence-electron chi connectivity index (χ1n) is 5.59. The first-order chi connectivity index (χ1) is 8.61. The zero-order valence-corrected chi connectivity index (χ0v) is 11.4. The molecule has 0 radical (unpaired) electrons. The summed E-state index contributed by atoms with van der Waals surface area (Å²) in [6.07, 6.45) is 0. The average Bonchev–Trinajstić information content (AvgIpc) is 2.41. The Labute approximate surface area is 116 Å². The van der Waals surface area contributed by atoms with Crippen LogP contribution in [0.2, 0.25) is 5.02 Å². The molecule has 92 valence electrons. The second-order valence-electron chi connectivity index (χ2n) is 4.07. The highest BCUT2D eigenvalue weighted by atomic mass is 35.5. The third-order valence-corrected chi connectivity index (χ3v) is 3.73. The van der Waals surface area contributed by atoms with Gasteiger partial charge in [0.2, 0.25) is 0 Å². The maximum atomic E-state index is 12.3. The summed E-state index contributed by atoms with van der Waals surface area (Å²) in [6, 6.07) is 14.6. The highest BCUT2D eigenvalue weighted by Gasteiger charge is 2.21. The molecule has 0 amide bonds. The quantitative estimate of drug-likeness (QED) is 0.582. The van der Waals surface area contributed by atoms with Crippen LogP contribution in [0.25, 0.3) is 0 Å². The van der Waals surface area contributed by atoms with E-state index in [2.05, 4.69) is 0 Å². The number of hydrogen-bond donors (Lipinski definition) is 0. The lowest BCUT2D eigenvalue weighted by atomic mass is 10.0. The van der Waals surface area contributed by atoms with Gasteiger partial charge in [-0.15, -0.1) is 11.6 Å². The minimum Gasteiger partial charge on any atom is -0.292 e. The van der Waals surface area contributed by atoms with Gasteiger partial charge in [-0.1, -0.05) is 54.1 Å². The van der Waals surface area contributed by atoms with Crippen LogP contribution in [0.15, 0.2) is 48.5 Å². The summed E-state index contributed by atoms with van der Waals surface area (Å²) < 4.78 is 0. The summed E-state index contributed by atoms with van der Waals surface area (Å²) in [7, 11) is 0. The molecule has 0 bridgehead atoms. The lowest BCUT2D eigenvalue weighted by Gasteiger charge is -2.11. The summed E-state index contributed by atoms with van der Waals surface area (Å²) in [6.45, 7) is 1.87. The maximum Gasteiger partial charge on any atom is 0.186 e. The fraction of sp³-hybridized carbons (Fsp3) is 0.133. The van der Waals surface area contributed by atoms with Gasteiger partial charge in [-0.3, -0.25) is 4.79 Å². The van der Waals surface area contributed by atoms with E-state index in [4.69, 9.17) is 23.2 Å². The van der Waals surface area contributed by atoms with E-state index in [1.54, 1.807) is 6.07 Å². The van der Waals surface area contributed by atoms with Crippen LogP contribution in [0, 0.1) is 6.92 Å². The Bertz CT molecular complexity index is 564. The number of halogens is 2. The number of carbonyl (C=O) groups excluding carboxylic acids is 1. The predicted molar refractivity (Wildman–Crippen MR) is 75.6 cm³/mol. The molecular formula is C15H12Cl2O. The van der Waals surface area contributed by atoms with Crippen LogP contribution in [0.4, 0.5) is 0 Å². The normalized spacial score (nSPS) is 12.2. The molecule has 3 heteroatoms. The lowest BCUT2D eigenvalue weighted by Crippen LogP contribution is -2.08. The molecule has 0 N–H and O–H groups in total. The number of ketones is 1. The zero-order chi connectivity index (χ0) is 13.1. The van der Waals surface area contributed by atoms with E-state index in [0.717, 1.165) is 11.1 Å². The number of alkyl halides is 1. The first-order valence-corrected chi connectivity index (χ1v) is 6.41. The van der Waals surface area contributed by atoms with Gasteiger partial charge in [-0.05, 0) is 24.1 Å². The van der Waals surface area contributed by atoms with Gasteiger partial charge >= 0.3 is 0 Å². The molecule has 2 aromatic carbocycles. The summed E-state index contributed by atoms with van der Waals surface area (Å²) in [5.41, 5.74) is 2.13. The zero-order valence-electron chi connectivity index (χ0n) is 9.86. The van der Waals surface area contributed by atoms with E-state index >= 15 is 0 Å². The highest BCUT2D eigenvalue weighted by molar-refractivity contribution is 6.39. The van der Waals surface area contributed by atoms with Gasteiger partial charge in [0.15, 0.2) is 5.78 Å². The first kappa shape index (κ1) is 13.1. The maximum absolute atomic E-state index is 12.3. The van der Waals surface area contributed by atoms with Crippen LogP contribution in [0.1, 0.15) is 26.9 Å². The summed E-state index contributed by atoms with van der Waals surface area (Å²) in [4.78, 5) is 12.3. The third kappa shape index (κ3) is 2.58. The molecular weight excluding hydrogens is 267 g/mol. The van der Waals surface area contributed by atoms with Crippen molar-refractivity contribution in [2.45, 2.75) is 12.3 Å². The SMILES string of the molecule is Cc1cccc(C(=O)C(Cl)c2ccccc2)c1Cl. The predicted octanol–water partition coefficient (Wildman–Crippen LogP) is 4.81. The van der Waals surface area contributed by atoms with Gasteiger partial charge in [-0.2, -0.15) is 0 Å². The van der Waals surface area contributed by atoms with E-state index in [9.17, 15) is 4.79 Å². The molecule has 18 heavy (non-hydrogen) atoms. The van der Waals surface area contributed by atoms with Gasteiger partial charge < -0.3 is 0 Å². The second-order valence-corrected chi connectivity index (χ2v) is 4.89. The van der Waals surface area contributed by atoms with Gasteiger partial charge in [0, 0.05) is 5.56 Å². The van der Waals surface area contributed by atoms with Crippen LogP contribution in [0.3, 0.4) is 0 Å². The summed E-state index contributed by atoms with van der Waals surface area (Å²) in [5, 5.41) is -0.227. The molecule has 2 aromatic rings. The number of Topliss-reactive ketones (excluding diaryl/α,β-unsaturated/α-hetero) is 1. The van der Waals surface area contributed by atoms with E-state index in [0.29, 0.717) is 10.6 Å². The molecule has 1 atom stereocenters. The minimum absolute atomic E-state index is 0.170. The second kappa shape index (κ2) is 5.55. The van der Waals surface area contributed by atoms with Gasteiger partial charge in [0.05, 0.1) is 5.02 Å². The van der Waals surface area contributed by atoms with Crippen molar-refractivity contribution in [1.82, 2.24) is 0 Å². The Morgan fingerprint density at radius 1 is 1.06 bits per heavy atom. The molecule has 1 nitrogen and oxygen atoms in total. The molecule has 0 saturated heterocycles. The number of aryl methyl sites for hydroxylation is 1. The Hall–Kier alpha value is -1.31. The van der Waals surface area contributed by atoms with Crippen LogP contribution < -0.4 is 0 Å². The van der Waals surface area contributed by atoms with Crippen molar-refractivity contribution < 1.29 is 4.79 Å². The van der Waals surface area contributed by atoms with Crippen LogP contribution in [0.5, 0.6) is 0 Å². The van der Waals surface area contributed by atoms with Crippen molar-refractivity contribution >= 4 is 29.0 Å².